The molecule has 1 fully saturated rings. The quantitative estimate of drug-likeness (QED) is 0.365. The molecule has 1 aliphatic heterocycles. The number of hydrogen-bond acceptors (Lipinski definition) is 6. The number of para-hydroxylation sites is 2. The molecule has 7 nitrogen and oxygen atoms in total. The summed E-state index contributed by atoms with van der Waals surface area (Å²) in [6, 6.07) is 6.69. The van der Waals surface area contributed by atoms with Crippen molar-refractivity contribution in [1.29, 1.82) is 0 Å². The van der Waals surface area contributed by atoms with Crippen LogP contribution in [0.5, 0.6) is 0 Å². The van der Waals surface area contributed by atoms with Gasteiger partial charge >= 0.3 is 5.97 Å². The van der Waals surface area contributed by atoms with E-state index in [1.165, 1.54) is 6.92 Å². The molecule has 0 amide bonds. The molecular formula is C16H16N2O5. The summed E-state index contributed by atoms with van der Waals surface area (Å²) >= 11 is 0. The number of nitrogens with zero attached hydrogens (tertiary/aromatic N) is 2. The van der Waals surface area contributed by atoms with Crippen LogP contribution >= 0.6 is 0 Å². The summed E-state index contributed by atoms with van der Waals surface area (Å²) in [5.41, 5.74) is 0.781. The molecule has 2 aromatic rings. The van der Waals surface area contributed by atoms with Gasteiger partial charge in [-0.15, -0.1) is 0 Å². The van der Waals surface area contributed by atoms with Gasteiger partial charge in [0.25, 0.3) is 5.69 Å². The highest BCUT2D eigenvalue weighted by atomic mass is 16.6. The van der Waals surface area contributed by atoms with Gasteiger partial charge in [-0.05, 0) is 18.9 Å². The van der Waals surface area contributed by atoms with E-state index in [-0.39, 0.29) is 18.0 Å². The molecule has 0 bridgehead atoms. The summed E-state index contributed by atoms with van der Waals surface area (Å²) in [4.78, 5) is 28.0. The van der Waals surface area contributed by atoms with Crippen LogP contribution in [0.4, 0.5) is 0 Å². The molecule has 1 saturated heterocycles. The van der Waals surface area contributed by atoms with Gasteiger partial charge in [0.15, 0.2) is 11.8 Å². The van der Waals surface area contributed by atoms with Gasteiger partial charge in [0.1, 0.15) is 12.1 Å². The number of esters is 1. The van der Waals surface area contributed by atoms with Crippen molar-refractivity contribution >= 4 is 22.8 Å². The van der Waals surface area contributed by atoms with Crippen molar-refractivity contribution in [2.75, 3.05) is 6.61 Å². The number of Topliss-reactive ketones (excluding diaryl/α,β-unsaturated/α-hetero) is 1. The second-order valence-electron chi connectivity index (χ2n) is 5.36. The van der Waals surface area contributed by atoms with Crippen LogP contribution in [-0.2, 0) is 20.9 Å². The Bertz CT molecular complexity index is 768. The molecule has 1 aliphatic rings. The molecule has 0 saturated carbocycles. The largest absolute Gasteiger partial charge is 0.618 e. The standard InChI is InChI=1S/C16H16N2O5/c1-10(19)15-12(9-23-16(20)14-7-4-8-22-14)17-11-5-2-3-6-13(11)18(15)21/h2-3,5-6,14H,4,7-9H2,1H3. The van der Waals surface area contributed by atoms with Gasteiger partial charge in [0, 0.05) is 19.6 Å². The molecule has 120 valence electrons. The van der Waals surface area contributed by atoms with Gasteiger partial charge in [-0.1, -0.05) is 12.1 Å². The normalized spacial score (nSPS) is 17.3. The highest BCUT2D eigenvalue weighted by Crippen LogP contribution is 2.16. The minimum absolute atomic E-state index is 0.108. The Morgan fingerprint density at radius 3 is 2.91 bits per heavy atom. The van der Waals surface area contributed by atoms with Gasteiger partial charge in [-0.3, -0.25) is 4.79 Å². The maximum absolute atomic E-state index is 12.4. The van der Waals surface area contributed by atoms with E-state index in [9.17, 15) is 14.8 Å². The van der Waals surface area contributed by atoms with Crippen LogP contribution in [0.3, 0.4) is 0 Å². The number of carbonyl (C=O) groups excluding carboxylic acids is 2. The number of aromatic nitrogens is 2. The van der Waals surface area contributed by atoms with Crippen LogP contribution in [0.25, 0.3) is 11.0 Å². The van der Waals surface area contributed by atoms with Crippen molar-refractivity contribution < 1.29 is 23.8 Å². The van der Waals surface area contributed by atoms with Crippen molar-refractivity contribution in [1.82, 2.24) is 4.98 Å². The summed E-state index contributed by atoms with van der Waals surface area (Å²) in [6.07, 6.45) is 0.855. The minimum atomic E-state index is -0.574. The number of ketones is 1. The molecule has 0 spiro atoms. The first-order valence-electron chi connectivity index (χ1n) is 7.38. The fourth-order valence-electron chi connectivity index (χ4n) is 2.61. The molecule has 1 aromatic carbocycles. The third-order valence-corrected chi connectivity index (χ3v) is 3.71. The van der Waals surface area contributed by atoms with Gasteiger partial charge < -0.3 is 14.7 Å². The topological polar surface area (TPSA) is 92.4 Å². The molecule has 3 rings (SSSR count). The highest BCUT2D eigenvalue weighted by Gasteiger charge is 2.28. The summed E-state index contributed by atoms with van der Waals surface area (Å²) < 4.78 is 11.0. The van der Waals surface area contributed by atoms with E-state index in [0.717, 1.165) is 6.42 Å². The predicted octanol–water partition coefficient (Wildman–Crippen LogP) is 1.29. The molecule has 7 heteroatoms. The summed E-state index contributed by atoms with van der Waals surface area (Å²) in [5, 5.41) is 12.4. The highest BCUT2D eigenvalue weighted by molar-refractivity contribution is 5.92. The van der Waals surface area contributed by atoms with Crippen molar-refractivity contribution in [3.63, 3.8) is 0 Å². The summed E-state index contributed by atoms with van der Waals surface area (Å²) in [7, 11) is 0. The van der Waals surface area contributed by atoms with Crippen molar-refractivity contribution in [2.24, 2.45) is 0 Å². The van der Waals surface area contributed by atoms with Crippen molar-refractivity contribution in [3.8, 4) is 0 Å². The van der Waals surface area contributed by atoms with Gasteiger partial charge in [0.2, 0.25) is 11.3 Å². The second kappa shape index (κ2) is 6.29. The van der Waals surface area contributed by atoms with Crippen LogP contribution < -0.4 is 4.73 Å². The number of fused-ring (bicyclic) bond motifs is 1. The fourth-order valence-corrected chi connectivity index (χ4v) is 2.61. The molecule has 23 heavy (non-hydrogen) atoms. The molecule has 1 atom stereocenters. The fraction of sp³-hybridized carbons (Fsp3) is 0.375. The number of ether oxygens (including phenoxy) is 2. The van der Waals surface area contributed by atoms with Crippen molar-refractivity contribution in [3.05, 3.63) is 40.9 Å². The molecule has 0 aliphatic carbocycles. The molecule has 1 aromatic heterocycles. The summed E-state index contributed by atoms with van der Waals surface area (Å²) in [6.45, 7) is 1.58. The van der Waals surface area contributed by atoms with Gasteiger partial charge in [-0.25, -0.2) is 9.78 Å². The van der Waals surface area contributed by atoms with E-state index in [4.69, 9.17) is 9.47 Å². The number of benzene rings is 1. The first-order chi connectivity index (χ1) is 11.1. The van der Waals surface area contributed by atoms with E-state index in [1.807, 2.05) is 0 Å². The van der Waals surface area contributed by atoms with Crippen LogP contribution in [-0.4, -0.2) is 29.4 Å². The lowest BCUT2D eigenvalue weighted by molar-refractivity contribution is -0.580. The number of carbonyl (C=O) groups is 2. The Morgan fingerprint density at radius 1 is 1.43 bits per heavy atom. The van der Waals surface area contributed by atoms with Gasteiger partial charge in [-0.2, -0.15) is 4.73 Å². The van der Waals surface area contributed by atoms with E-state index < -0.39 is 17.9 Å². The van der Waals surface area contributed by atoms with Crippen LogP contribution in [0.15, 0.2) is 24.3 Å². The predicted molar refractivity (Wildman–Crippen MR) is 79.5 cm³/mol. The molecule has 0 radical (unpaired) electrons. The first-order valence-corrected chi connectivity index (χ1v) is 7.38. The van der Waals surface area contributed by atoms with E-state index in [2.05, 4.69) is 4.98 Å². The molecule has 2 heterocycles. The van der Waals surface area contributed by atoms with Crippen LogP contribution in [0.2, 0.25) is 0 Å². The van der Waals surface area contributed by atoms with Crippen LogP contribution in [0, 0.1) is 5.21 Å². The Kier molecular flexibility index (Phi) is 4.20. The lowest BCUT2D eigenvalue weighted by Gasteiger charge is -2.12. The lowest BCUT2D eigenvalue weighted by atomic mass is 10.2. The number of hydrogen-bond donors (Lipinski definition) is 0. The monoisotopic (exact) mass is 316 g/mol. The lowest BCUT2D eigenvalue weighted by Crippen LogP contribution is -2.37. The molecule has 1 unspecified atom stereocenters. The van der Waals surface area contributed by atoms with Crippen LogP contribution in [0.1, 0.15) is 35.9 Å². The third kappa shape index (κ3) is 3.00. The molecule has 0 N–H and O–H groups in total. The van der Waals surface area contributed by atoms with E-state index >= 15 is 0 Å². The molecular weight excluding hydrogens is 300 g/mol. The Labute approximate surface area is 132 Å². The second-order valence-corrected chi connectivity index (χ2v) is 5.36. The minimum Gasteiger partial charge on any atom is -0.618 e. The first kappa shape index (κ1) is 15.4. The zero-order valence-corrected chi connectivity index (χ0v) is 12.7. The zero-order chi connectivity index (χ0) is 16.4. The van der Waals surface area contributed by atoms with E-state index in [0.29, 0.717) is 28.8 Å². The Balaban J connectivity index is 1.91. The smallest absolute Gasteiger partial charge is 0.335 e. The van der Waals surface area contributed by atoms with Crippen molar-refractivity contribution in [2.45, 2.75) is 32.5 Å². The van der Waals surface area contributed by atoms with Gasteiger partial charge in [0.05, 0.1) is 0 Å². The Morgan fingerprint density at radius 2 is 2.22 bits per heavy atom. The maximum atomic E-state index is 12.4. The zero-order valence-electron chi connectivity index (χ0n) is 12.7. The average molecular weight is 316 g/mol. The summed E-state index contributed by atoms with van der Waals surface area (Å²) in [5.74, 6) is -0.925. The number of rotatable bonds is 4. The maximum Gasteiger partial charge on any atom is 0.335 e. The SMILES string of the molecule is CC(=O)c1c(COC(=O)C2CCCO2)nc2ccccc2[n+]1[O-]. The average Bonchev–Trinajstić information content (AvgIpc) is 3.07. The van der Waals surface area contributed by atoms with E-state index in [1.54, 1.807) is 24.3 Å². The third-order valence-electron chi connectivity index (χ3n) is 3.71. The Hall–Kier alpha value is -2.54.